The van der Waals surface area contributed by atoms with Crippen LogP contribution in [0.25, 0.3) is 10.9 Å². The van der Waals surface area contributed by atoms with Crippen LogP contribution in [-0.2, 0) is 10.3 Å². The molecule has 2 N–H and O–H groups in total. The minimum atomic E-state index is -0.867. The first kappa shape index (κ1) is 20.5. The van der Waals surface area contributed by atoms with E-state index in [0.717, 1.165) is 0 Å². The second-order valence-electron chi connectivity index (χ2n) is 8.01. The van der Waals surface area contributed by atoms with E-state index in [4.69, 9.17) is 16.3 Å². The number of hydrogen-bond acceptors (Lipinski definition) is 4. The van der Waals surface area contributed by atoms with Gasteiger partial charge in [-0.3, -0.25) is 9.59 Å². The molecule has 1 fully saturated rings. The predicted molar refractivity (Wildman–Crippen MR) is 115 cm³/mol. The largest absolute Gasteiger partial charge is 0.450 e. The van der Waals surface area contributed by atoms with Crippen molar-refractivity contribution in [3.63, 3.8) is 0 Å². The molecule has 3 aromatic rings. The number of aromatic nitrogens is 1. The topological polar surface area (TPSA) is 91.5 Å². The standard InChI is InChI=1S/C23H19ClFN3O4/c1-26-20(29)19-18(14-4-2-12(24)10-17(14)27-19)21(30)28-8-6-23(7-9-28)16-5-3-13(25)11-15(16)22(31)32-23/h2-5,10-11,27H,6-9H2,1H3,(H,26,29). The minimum absolute atomic E-state index is 0.170. The lowest BCUT2D eigenvalue weighted by molar-refractivity contribution is -0.0389. The molecule has 0 atom stereocenters. The highest BCUT2D eigenvalue weighted by molar-refractivity contribution is 6.31. The van der Waals surface area contributed by atoms with E-state index in [-0.39, 0.29) is 22.7 Å². The lowest BCUT2D eigenvalue weighted by Crippen LogP contribution is -2.45. The van der Waals surface area contributed by atoms with E-state index in [0.29, 0.717) is 47.4 Å². The Bertz CT molecular complexity index is 1290. The number of rotatable bonds is 2. The van der Waals surface area contributed by atoms with Crippen molar-refractivity contribution in [2.24, 2.45) is 0 Å². The molecule has 3 heterocycles. The molecule has 0 bridgehead atoms. The number of carbonyl (C=O) groups is 3. The SMILES string of the molecule is CNC(=O)c1[nH]c2cc(Cl)ccc2c1C(=O)N1CCC2(CC1)OC(=O)c1cc(F)ccc12. The van der Waals surface area contributed by atoms with Gasteiger partial charge < -0.3 is 19.9 Å². The third kappa shape index (κ3) is 3.05. The first-order chi connectivity index (χ1) is 15.3. The quantitative estimate of drug-likeness (QED) is 0.577. The Hall–Kier alpha value is -3.39. The highest BCUT2D eigenvalue weighted by atomic mass is 35.5. The Morgan fingerprint density at radius 3 is 2.66 bits per heavy atom. The number of halogens is 2. The summed E-state index contributed by atoms with van der Waals surface area (Å²) in [6.07, 6.45) is 0.763. The van der Waals surface area contributed by atoms with Gasteiger partial charge in [0.05, 0.1) is 11.1 Å². The van der Waals surface area contributed by atoms with E-state index in [1.54, 1.807) is 29.2 Å². The van der Waals surface area contributed by atoms with Crippen LogP contribution in [-0.4, -0.2) is 47.8 Å². The summed E-state index contributed by atoms with van der Waals surface area (Å²) in [5.41, 5.74) is 1.06. The molecule has 2 aliphatic heterocycles. The second kappa shape index (κ2) is 7.34. The molecular weight excluding hydrogens is 437 g/mol. The smallest absolute Gasteiger partial charge is 0.339 e. The van der Waals surface area contributed by atoms with Crippen molar-refractivity contribution in [2.45, 2.75) is 18.4 Å². The van der Waals surface area contributed by atoms with Gasteiger partial charge in [0.2, 0.25) is 0 Å². The number of benzene rings is 2. The van der Waals surface area contributed by atoms with Gasteiger partial charge in [-0.15, -0.1) is 0 Å². The maximum Gasteiger partial charge on any atom is 0.339 e. The monoisotopic (exact) mass is 455 g/mol. The fourth-order valence-electron chi connectivity index (χ4n) is 4.66. The van der Waals surface area contributed by atoms with Crippen molar-refractivity contribution in [1.29, 1.82) is 0 Å². The summed E-state index contributed by atoms with van der Waals surface area (Å²) in [6.45, 7) is 0.632. The fourth-order valence-corrected chi connectivity index (χ4v) is 4.83. The highest BCUT2D eigenvalue weighted by Gasteiger charge is 2.48. The molecule has 2 aliphatic rings. The molecular formula is C23H19ClFN3O4. The summed E-state index contributed by atoms with van der Waals surface area (Å²) >= 11 is 6.07. The Labute approximate surface area is 187 Å². The van der Waals surface area contributed by atoms with Crippen molar-refractivity contribution < 1.29 is 23.5 Å². The lowest BCUT2D eigenvalue weighted by atomic mass is 9.83. The second-order valence-corrected chi connectivity index (χ2v) is 8.45. The van der Waals surface area contributed by atoms with Crippen molar-refractivity contribution in [2.75, 3.05) is 20.1 Å². The molecule has 5 rings (SSSR count). The third-order valence-electron chi connectivity index (χ3n) is 6.27. The van der Waals surface area contributed by atoms with E-state index in [1.807, 2.05) is 0 Å². The molecule has 0 saturated carbocycles. The van der Waals surface area contributed by atoms with Gasteiger partial charge in [0.25, 0.3) is 11.8 Å². The van der Waals surface area contributed by atoms with E-state index >= 15 is 0 Å². The number of aromatic amines is 1. The first-order valence-corrected chi connectivity index (χ1v) is 10.6. The van der Waals surface area contributed by atoms with Gasteiger partial charge in [-0.2, -0.15) is 0 Å². The average molecular weight is 456 g/mol. The van der Waals surface area contributed by atoms with Gasteiger partial charge in [-0.1, -0.05) is 23.7 Å². The van der Waals surface area contributed by atoms with Crippen molar-refractivity contribution in [3.8, 4) is 0 Å². The Morgan fingerprint density at radius 1 is 1.19 bits per heavy atom. The summed E-state index contributed by atoms with van der Waals surface area (Å²) in [6, 6.07) is 9.13. The number of ether oxygens (including phenoxy) is 1. The van der Waals surface area contributed by atoms with Crippen LogP contribution in [0.4, 0.5) is 4.39 Å². The summed E-state index contributed by atoms with van der Waals surface area (Å²) in [5, 5.41) is 3.64. The summed E-state index contributed by atoms with van der Waals surface area (Å²) in [7, 11) is 1.49. The van der Waals surface area contributed by atoms with E-state index < -0.39 is 23.3 Å². The summed E-state index contributed by atoms with van der Waals surface area (Å²) in [5.74, 6) is -1.74. The zero-order chi connectivity index (χ0) is 22.6. The molecule has 2 amide bonds. The Morgan fingerprint density at radius 2 is 1.94 bits per heavy atom. The maximum atomic E-state index is 13.6. The highest BCUT2D eigenvalue weighted by Crippen LogP contribution is 2.44. The van der Waals surface area contributed by atoms with Crippen LogP contribution < -0.4 is 5.32 Å². The van der Waals surface area contributed by atoms with Crippen LogP contribution in [0.1, 0.15) is 49.6 Å². The van der Waals surface area contributed by atoms with Crippen LogP contribution in [0.3, 0.4) is 0 Å². The normalized spacial score (nSPS) is 16.8. The molecule has 9 heteroatoms. The zero-order valence-corrected chi connectivity index (χ0v) is 17.9. The first-order valence-electron chi connectivity index (χ1n) is 10.2. The molecule has 7 nitrogen and oxygen atoms in total. The zero-order valence-electron chi connectivity index (χ0n) is 17.1. The molecule has 0 unspecified atom stereocenters. The number of piperidine rings is 1. The number of H-pyrrole nitrogens is 1. The van der Waals surface area contributed by atoms with Crippen molar-refractivity contribution >= 4 is 40.3 Å². The molecule has 0 aliphatic carbocycles. The van der Waals surface area contributed by atoms with Crippen LogP contribution in [0, 0.1) is 5.82 Å². The average Bonchev–Trinajstić information content (AvgIpc) is 3.28. The Balaban J connectivity index is 1.46. The number of esters is 1. The van der Waals surface area contributed by atoms with Gasteiger partial charge in [0.1, 0.15) is 17.1 Å². The molecule has 32 heavy (non-hydrogen) atoms. The molecule has 1 aromatic heterocycles. The number of likely N-dealkylation sites (tertiary alicyclic amines) is 1. The lowest BCUT2D eigenvalue weighted by Gasteiger charge is -2.38. The van der Waals surface area contributed by atoms with Crippen LogP contribution in [0.15, 0.2) is 36.4 Å². The fraction of sp³-hybridized carbons (Fsp3) is 0.261. The molecule has 0 radical (unpaired) electrons. The van der Waals surface area contributed by atoms with E-state index in [1.165, 1.54) is 19.2 Å². The summed E-state index contributed by atoms with van der Waals surface area (Å²) in [4.78, 5) is 42.9. The van der Waals surface area contributed by atoms with Crippen molar-refractivity contribution in [1.82, 2.24) is 15.2 Å². The number of carbonyl (C=O) groups excluding carboxylic acids is 3. The van der Waals surface area contributed by atoms with Crippen LogP contribution in [0.5, 0.6) is 0 Å². The number of nitrogens with one attached hydrogen (secondary N) is 2. The molecule has 1 saturated heterocycles. The molecule has 1 spiro atoms. The molecule has 164 valence electrons. The number of hydrogen-bond donors (Lipinski definition) is 2. The van der Waals surface area contributed by atoms with E-state index in [2.05, 4.69) is 10.3 Å². The molecule has 2 aromatic carbocycles. The number of nitrogens with zero attached hydrogens (tertiary/aromatic N) is 1. The maximum absolute atomic E-state index is 13.6. The van der Waals surface area contributed by atoms with Gasteiger partial charge in [-0.25, -0.2) is 9.18 Å². The third-order valence-corrected chi connectivity index (χ3v) is 6.50. The van der Waals surface area contributed by atoms with Gasteiger partial charge in [0.15, 0.2) is 0 Å². The predicted octanol–water partition coefficient (Wildman–Crippen LogP) is 3.62. The van der Waals surface area contributed by atoms with Crippen LogP contribution >= 0.6 is 11.6 Å². The number of amides is 2. The summed E-state index contributed by atoms with van der Waals surface area (Å²) < 4.78 is 19.3. The van der Waals surface area contributed by atoms with Crippen molar-refractivity contribution in [3.05, 3.63) is 69.6 Å². The minimum Gasteiger partial charge on any atom is -0.450 e. The van der Waals surface area contributed by atoms with Gasteiger partial charge >= 0.3 is 5.97 Å². The van der Waals surface area contributed by atoms with Crippen LogP contribution in [0.2, 0.25) is 5.02 Å². The van der Waals surface area contributed by atoms with E-state index in [9.17, 15) is 18.8 Å². The van der Waals surface area contributed by atoms with Gasteiger partial charge in [-0.05, 0) is 24.3 Å². The number of fused-ring (bicyclic) bond motifs is 3. The Kier molecular flexibility index (Phi) is 4.70. The van der Waals surface area contributed by atoms with Gasteiger partial charge in [0, 0.05) is 54.5 Å².